The summed E-state index contributed by atoms with van der Waals surface area (Å²) in [6.07, 6.45) is 0. The van der Waals surface area contributed by atoms with Gasteiger partial charge in [-0.1, -0.05) is 291 Å². The van der Waals surface area contributed by atoms with E-state index in [4.69, 9.17) is 29.9 Å². The minimum atomic E-state index is 0.654. The fourth-order valence-electron chi connectivity index (χ4n) is 16.8. The maximum Gasteiger partial charge on any atom is 0.164 e. The number of para-hydroxylation sites is 3. The number of pyridine rings is 1. The van der Waals surface area contributed by atoms with E-state index in [1.54, 1.807) is 22.7 Å². The van der Waals surface area contributed by atoms with Crippen molar-refractivity contribution in [2.45, 2.75) is 0 Å². The fourth-order valence-corrected chi connectivity index (χ4v) is 19.7. The van der Waals surface area contributed by atoms with Crippen LogP contribution in [0.25, 0.3) is 214 Å². The average molecular weight is 1590 g/mol. The first kappa shape index (κ1) is 71.4. The zero-order chi connectivity index (χ0) is 79.4. The highest BCUT2D eigenvalue weighted by molar-refractivity contribution is 7.19. The van der Waals surface area contributed by atoms with E-state index in [1.165, 1.54) is 112 Å². The van der Waals surface area contributed by atoms with E-state index in [1.807, 2.05) is 108 Å². The van der Waals surface area contributed by atoms with Crippen LogP contribution in [0, 0.1) is 0 Å². The molecule has 0 fully saturated rings. The molecule has 120 heavy (non-hydrogen) atoms. The molecule has 0 unspecified atom stereocenters. The molecular formula is C108H69N9S3. The Kier molecular flexibility index (Phi) is 18.3. The van der Waals surface area contributed by atoms with Gasteiger partial charge in [-0.3, -0.25) is 4.57 Å². The number of nitrogens with zero attached hydrogens (tertiary/aromatic N) is 9. The van der Waals surface area contributed by atoms with Crippen molar-refractivity contribution in [2.24, 2.45) is 0 Å². The summed E-state index contributed by atoms with van der Waals surface area (Å²) in [6.45, 7) is 0. The molecule has 0 bridgehead atoms. The molecule has 24 rings (SSSR count). The van der Waals surface area contributed by atoms with Crippen molar-refractivity contribution in [2.75, 3.05) is 0 Å². The van der Waals surface area contributed by atoms with Gasteiger partial charge in [-0.25, -0.2) is 29.9 Å². The predicted molar refractivity (Wildman–Crippen MR) is 504 cm³/mol. The van der Waals surface area contributed by atoms with Gasteiger partial charge in [0.05, 0.1) is 50.2 Å². The first-order chi connectivity index (χ1) is 59.5. The lowest BCUT2D eigenvalue weighted by Gasteiger charge is -2.13. The Labute approximate surface area is 703 Å². The Hall–Kier alpha value is -15.2. The molecule has 12 heteroatoms. The molecule has 0 atom stereocenters. The van der Waals surface area contributed by atoms with E-state index >= 15 is 0 Å². The van der Waals surface area contributed by atoms with Gasteiger partial charge < -0.3 is 9.13 Å². The Bertz CT molecular complexity index is 7490. The van der Waals surface area contributed by atoms with Crippen molar-refractivity contribution in [3.8, 4) is 119 Å². The van der Waals surface area contributed by atoms with Gasteiger partial charge in [0, 0.05) is 96.7 Å². The zero-order valence-corrected chi connectivity index (χ0v) is 67.0. The Morgan fingerprint density at radius 3 is 0.867 bits per heavy atom. The van der Waals surface area contributed by atoms with Crippen LogP contribution in [-0.2, 0) is 0 Å². The number of thiophene rings is 3. The van der Waals surface area contributed by atoms with Crippen LogP contribution in [0.3, 0.4) is 0 Å². The lowest BCUT2D eigenvalue weighted by molar-refractivity contribution is 1.07. The third-order valence-electron chi connectivity index (χ3n) is 22.5. The summed E-state index contributed by atoms with van der Waals surface area (Å²) in [6, 6.07) is 140. The van der Waals surface area contributed by atoms with Crippen molar-refractivity contribution < 1.29 is 0 Å². The van der Waals surface area contributed by atoms with Crippen LogP contribution in [0.1, 0.15) is 0 Å². The van der Waals surface area contributed by atoms with Gasteiger partial charge in [-0.2, -0.15) is 0 Å². The molecule has 0 aliphatic rings. The van der Waals surface area contributed by atoms with E-state index in [9.17, 15) is 0 Å². The van der Waals surface area contributed by atoms with E-state index in [2.05, 4.69) is 333 Å². The molecule has 564 valence electrons. The minimum absolute atomic E-state index is 0.654. The summed E-state index contributed by atoms with van der Waals surface area (Å²) in [5.41, 5.74) is 24.1. The monoisotopic (exact) mass is 1590 g/mol. The highest BCUT2D eigenvalue weighted by Gasteiger charge is 2.23. The number of fused-ring (bicyclic) bond motifs is 15. The van der Waals surface area contributed by atoms with Gasteiger partial charge in [0.25, 0.3) is 0 Å². The second kappa shape index (κ2) is 30.8. The molecule has 0 radical (unpaired) electrons. The van der Waals surface area contributed by atoms with Crippen molar-refractivity contribution in [1.29, 1.82) is 0 Å². The molecule has 24 aromatic rings. The first-order valence-electron chi connectivity index (χ1n) is 40.0. The molecule has 15 aromatic carbocycles. The van der Waals surface area contributed by atoms with Gasteiger partial charge >= 0.3 is 0 Å². The Morgan fingerprint density at radius 2 is 0.467 bits per heavy atom. The second-order valence-corrected chi connectivity index (χ2v) is 32.4. The van der Waals surface area contributed by atoms with E-state index in [0.717, 1.165) is 84.6 Å². The van der Waals surface area contributed by atoms with E-state index in [0.29, 0.717) is 17.5 Å². The molecule has 9 nitrogen and oxygen atoms in total. The summed E-state index contributed by atoms with van der Waals surface area (Å²) in [5.74, 6) is 3.63. The van der Waals surface area contributed by atoms with Crippen LogP contribution in [-0.4, -0.2) is 43.6 Å². The molecule has 0 amide bonds. The van der Waals surface area contributed by atoms with Crippen molar-refractivity contribution in [1.82, 2.24) is 43.6 Å². The molecular weight excluding hydrogens is 1520 g/mol. The topological polar surface area (TPSA) is 92.1 Å². The van der Waals surface area contributed by atoms with Gasteiger partial charge in [-0.15, -0.1) is 34.0 Å². The number of hydrogen-bond acceptors (Lipinski definition) is 9. The summed E-state index contributed by atoms with van der Waals surface area (Å²) in [4.78, 5) is 29.8. The van der Waals surface area contributed by atoms with E-state index < -0.39 is 0 Å². The van der Waals surface area contributed by atoms with Crippen LogP contribution < -0.4 is 0 Å². The van der Waals surface area contributed by atoms with Crippen LogP contribution >= 0.6 is 34.0 Å². The minimum Gasteiger partial charge on any atom is -0.309 e. The highest BCUT2D eigenvalue weighted by atomic mass is 32.1. The lowest BCUT2D eigenvalue weighted by atomic mass is 9.99. The number of rotatable bonds is 12. The maximum absolute atomic E-state index is 5.27. The standard InChI is InChI=1S/C37H24N2S.C36H23N3S.C35H22N4S/c1-3-9-25(10-4-1)26-15-17-27(18-16-26)30-23-32(28-11-5-2-6-12-28)38-35(24-30)39-33-14-8-7-13-31(33)36-34(39)20-19-29-21-22-40-37(29)36;1-3-9-24(10-4-1)30-23-31(38-36(37-30)27-11-5-2-6-12-27)25-15-18-28(19-16-25)39-32-14-8-7-13-29(32)34-33(39)20-17-26-21-22-40-35(26)34;1-3-9-24(10-4-1)33-36-34(25-11-5-2-6-12-25)38-35(37-33)26-15-18-27(19-16-26)39-29-14-8-7-13-28(29)31-30(39)20-17-23-21-22-40-32(23)31/h1-24H;1-23H;1-22H. The first-order valence-corrected chi connectivity index (χ1v) is 42.6. The molecule has 0 aliphatic heterocycles. The van der Waals surface area contributed by atoms with Crippen molar-refractivity contribution in [3.05, 3.63) is 417 Å². The van der Waals surface area contributed by atoms with Crippen molar-refractivity contribution in [3.63, 3.8) is 0 Å². The molecule has 0 saturated heterocycles. The number of aromatic nitrogens is 9. The van der Waals surface area contributed by atoms with Gasteiger partial charge in [0.2, 0.25) is 0 Å². The van der Waals surface area contributed by atoms with E-state index in [-0.39, 0.29) is 0 Å². The average Bonchev–Trinajstić information content (AvgIpc) is 1.60. The van der Waals surface area contributed by atoms with Gasteiger partial charge in [-0.05, 0) is 164 Å². The van der Waals surface area contributed by atoms with Crippen LogP contribution in [0.15, 0.2) is 417 Å². The zero-order valence-electron chi connectivity index (χ0n) is 64.6. The largest absolute Gasteiger partial charge is 0.309 e. The Morgan fingerprint density at radius 1 is 0.183 bits per heavy atom. The number of benzene rings is 15. The normalized spacial score (nSPS) is 11.5. The van der Waals surface area contributed by atoms with Crippen LogP contribution in [0.4, 0.5) is 0 Å². The lowest BCUT2D eigenvalue weighted by Crippen LogP contribution is -2.00. The second-order valence-electron chi connectivity index (χ2n) is 29.7. The highest BCUT2D eigenvalue weighted by Crippen LogP contribution is 2.44. The Balaban J connectivity index is 0.000000108. The third kappa shape index (κ3) is 13.1. The quantitative estimate of drug-likeness (QED) is 0.121. The van der Waals surface area contributed by atoms with Gasteiger partial charge in [0.15, 0.2) is 23.3 Å². The SMILES string of the molecule is c1ccc(-c2cc(-c3ccc(-n4c5ccccc5c5c6sccc6ccc54)cc3)nc(-c3ccccc3)n2)cc1.c1ccc(-c2ccc(-c3cc(-c4ccccc4)nc(-n4c5ccccc5c5c6sccc6ccc54)c3)cc2)cc1.c1ccc(-c2nc(-c3ccccc3)nc(-c3ccc(-n4c5ccccc5c5c6sccc6ccc54)cc3)n2)cc1. The molecule has 0 spiro atoms. The fraction of sp³-hybridized carbons (Fsp3) is 0. The predicted octanol–water partition coefficient (Wildman–Crippen LogP) is 29.4. The number of hydrogen-bond donors (Lipinski definition) is 0. The van der Waals surface area contributed by atoms with Crippen molar-refractivity contribution >= 4 is 130 Å². The summed E-state index contributed by atoms with van der Waals surface area (Å²) in [5, 5.41) is 18.1. The maximum atomic E-state index is 5.27. The summed E-state index contributed by atoms with van der Waals surface area (Å²) >= 11 is 5.42. The summed E-state index contributed by atoms with van der Waals surface area (Å²) < 4.78 is 11.0. The molecule has 0 N–H and O–H groups in total. The van der Waals surface area contributed by atoms with Crippen LogP contribution in [0.2, 0.25) is 0 Å². The molecule has 9 heterocycles. The molecule has 0 aliphatic carbocycles. The smallest absolute Gasteiger partial charge is 0.164 e. The molecule has 0 saturated carbocycles. The van der Waals surface area contributed by atoms with Gasteiger partial charge in [0.1, 0.15) is 5.82 Å². The van der Waals surface area contributed by atoms with Crippen LogP contribution in [0.5, 0.6) is 0 Å². The third-order valence-corrected chi connectivity index (χ3v) is 25.4. The molecule has 9 aromatic heterocycles. The summed E-state index contributed by atoms with van der Waals surface area (Å²) in [7, 11) is 0.